The van der Waals surface area contributed by atoms with Crippen LogP contribution in [0.3, 0.4) is 0 Å². The quantitative estimate of drug-likeness (QED) is 0.816. The Hall–Kier alpha value is -0.910. The molecular weight excluding hydrogens is 250 g/mol. The Bertz CT molecular complexity index is 452. The SMILES string of the molecule is O=S(=O)(CCCc1ccccc1)N1CCCOC1. The lowest BCUT2D eigenvalue weighted by Gasteiger charge is -2.25. The van der Waals surface area contributed by atoms with Crippen molar-refractivity contribution in [2.24, 2.45) is 0 Å². The first-order valence-corrected chi connectivity index (χ1v) is 7.89. The van der Waals surface area contributed by atoms with E-state index in [1.165, 1.54) is 9.87 Å². The Morgan fingerprint density at radius 3 is 2.67 bits per heavy atom. The summed E-state index contributed by atoms with van der Waals surface area (Å²) in [5.74, 6) is 0.200. The van der Waals surface area contributed by atoms with Gasteiger partial charge in [-0.15, -0.1) is 0 Å². The van der Waals surface area contributed by atoms with Crippen molar-refractivity contribution in [3.05, 3.63) is 35.9 Å². The Labute approximate surface area is 109 Å². The molecule has 0 aromatic heterocycles. The van der Waals surface area contributed by atoms with Gasteiger partial charge < -0.3 is 4.74 Å². The summed E-state index contributed by atoms with van der Waals surface area (Å²) < 4.78 is 30.7. The molecule has 1 aliphatic rings. The minimum absolute atomic E-state index is 0.200. The first kappa shape index (κ1) is 13.5. The van der Waals surface area contributed by atoms with Gasteiger partial charge in [0.15, 0.2) is 0 Å². The van der Waals surface area contributed by atoms with E-state index in [9.17, 15) is 8.42 Å². The minimum atomic E-state index is -3.15. The van der Waals surface area contributed by atoms with Crippen molar-refractivity contribution in [1.82, 2.24) is 4.31 Å². The Morgan fingerprint density at radius 1 is 1.22 bits per heavy atom. The zero-order chi connectivity index (χ0) is 12.8. The van der Waals surface area contributed by atoms with Gasteiger partial charge in [-0.3, -0.25) is 0 Å². The predicted octanol–water partition coefficient (Wildman–Crippen LogP) is 1.63. The van der Waals surface area contributed by atoms with Crippen LogP contribution in [0.4, 0.5) is 0 Å². The van der Waals surface area contributed by atoms with Crippen molar-refractivity contribution in [1.29, 1.82) is 0 Å². The molecule has 1 fully saturated rings. The summed E-state index contributed by atoms with van der Waals surface area (Å²) in [4.78, 5) is 0. The number of benzene rings is 1. The molecule has 0 amide bonds. The lowest BCUT2D eigenvalue weighted by molar-refractivity contribution is 0.0313. The van der Waals surface area contributed by atoms with Crippen LogP contribution in [-0.4, -0.2) is 38.4 Å². The van der Waals surface area contributed by atoms with Crippen LogP contribution in [0.2, 0.25) is 0 Å². The molecule has 0 unspecified atom stereocenters. The van der Waals surface area contributed by atoms with Crippen molar-refractivity contribution in [2.75, 3.05) is 25.6 Å². The average molecular weight is 269 g/mol. The zero-order valence-electron chi connectivity index (χ0n) is 10.4. The first-order valence-electron chi connectivity index (χ1n) is 6.28. The maximum absolute atomic E-state index is 12.0. The zero-order valence-corrected chi connectivity index (χ0v) is 11.2. The number of sulfonamides is 1. The summed E-state index contributed by atoms with van der Waals surface area (Å²) in [6.07, 6.45) is 2.25. The van der Waals surface area contributed by atoms with E-state index < -0.39 is 10.0 Å². The molecule has 0 atom stereocenters. The first-order chi connectivity index (χ1) is 8.68. The third-order valence-corrected chi connectivity index (χ3v) is 4.91. The van der Waals surface area contributed by atoms with Crippen molar-refractivity contribution < 1.29 is 13.2 Å². The van der Waals surface area contributed by atoms with E-state index in [1.54, 1.807) is 0 Å². The number of hydrogen-bond acceptors (Lipinski definition) is 3. The van der Waals surface area contributed by atoms with Crippen LogP contribution < -0.4 is 0 Å². The van der Waals surface area contributed by atoms with E-state index in [0.717, 1.165) is 12.8 Å². The third-order valence-electron chi connectivity index (χ3n) is 3.04. The van der Waals surface area contributed by atoms with Gasteiger partial charge in [0.25, 0.3) is 0 Å². The number of aryl methyl sites for hydroxylation is 1. The molecule has 1 aliphatic heterocycles. The fourth-order valence-corrected chi connectivity index (χ4v) is 3.44. The van der Waals surface area contributed by atoms with E-state index in [2.05, 4.69) is 0 Å². The minimum Gasteiger partial charge on any atom is -0.365 e. The van der Waals surface area contributed by atoms with E-state index in [1.807, 2.05) is 30.3 Å². The van der Waals surface area contributed by atoms with Crippen LogP contribution in [-0.2, 0) is 21.2 Å². The highest BCUT2D eigenvalue weighted by Gasteiger charge is 2.23. The summed E-state index contributed by atoms with van der Waals surface area (Å²) in [5.41, 5.74) is 1.18. The van der Waals surface area contributed by atoms with Gasteiger partial charge in [0, 0.05) is 13.2 Å². The molecule has 4 nitrogen and oxygen atoms in total. The summed E-state index contributed by atoms with van der Waals surface area (Å²) in [5, 5.41) is 0. The van der Waals surface area contributed by atoms with E-state index in [0.29, 0.717) is 19.6 Å². The summed E-state index contributed by atoms with van der Waals surface area (Å²) in [6.45, 7) is 1.47. The normalized spacial score (nSPS) is 17.8. The van der Waals surface area contributed by atoms with E-state index in [-0.39, 0.29) is 12.5 Å². The Balaban J connectivity index is 1.82. The highest BCUT2D eigenvalue weighted by Crippen LogP contribution is 2.11. The molecule has 0 spiro atoms. The summed E-state index contributed by atoms with van der Waals surface area (Å²) >= 11 is 0. The average Bonchev–Trinajstić information content (AvgIpc) is 2.41. The van der Waals surface area contributed by atoms with Crippen LogP contribution in [0, 0.1) is 0 Å². The maximum atomic E-state index is 12.0. The van der Waals surface area contributed by atoms with Crippen molar-refractivity contribution in [3.8, 4) is 0 Å². The van der Waals surface area contributed by atoms with Gasteiger partial charge in [0.1, 0.15) is 6.73 Å². The molecule has 1 aromatic carbocycles. The van der Waals surface area contributed by atoms with Crippen molar-refractivity contribution >= 4 is 10.0 Å². The monoisotopic (exact) mass is 269 g/mol. The van der Waals surface area contributed by atoms with Gasteiger partial charge in [-0.2, -0.15) is 4.31 Å². The summed E-state index contributed by atoms with van der Waals surface area (Å²) in [6, 6.07) is 9.96. The highest BCUT2D eigenvalue weighted by molar-refractivity contribution is 7.89. The highest BCUT2D eigenvalue weighted by atomic mass is 32.2. The fraction of sp³-hybridized carbons (Fsp3) is 0.538. The summed E-state index contributed by atoms with van der Waals surface area (Å²) in [7, 11) is -3.15. The largest absolute Gasteiger partial charge is 0.365 e. The molecular formula is C13H19NO3S. The standard InChI is InChI=1S/C13H19NO3S/c15-18(16,14-9-5-10-17-12-14)11-4-8-13-6-2-1-3-7-13/h1-3,6-7H,4-5,8-12H2. The van der Waals surface area contributed by atoms with E-state index in [4.69, 9.17) is 4.74 Å². The van der Waals surface area contributed by atoms with Gasteiger partial charge in [-0.05, 0) is 24.8 Å². The van der Waals surface area contributed by atoms with Gasteiger partial charge in [0.05, 0.1) is 5.75 Å². The Kier molecular flexibility index (Phi) is 4.74. The Morgan fingerprint density at radius 2 is 2.00 bits per heavy atom. The number of rotatable bonds is 5. The van der Waals surface area contributed by atoms with Gasteiger partial charge in [0.2, 0.25) is 10.0 Å². The van der Waals surface area contributed by atoms with Crippen LogP contribution >= 0.6 is 0 Å². The number of nitrogens with zero attached hydrogens (tertiary/aromatic N) is 1. The van der Waals surface area contributed by atoms with E-state index >= 15 is 0 Å². The molecule has 0 aliphatic carbocycles. The fourth-order valence-electron chi connectivity index (χ4n) is 2.03. The van der Waals surface area contributed by atoms with Gasteiger partial charge >= 0.3 is 0 Å². The van der Waals surface area contributed by atoms with Crippen molar-refractivity contribution in [2.45, 2.75) is 19.3 Å². The second-order valence-corrected chi connectivity index (χ2v) is 6.56. The molecule has 1 heterocycles. The predicted molar refractivity (Wildman–Crippen MR) is 70.7 cm³/mol. The number of ether oxygens (including phenoxy) is 1. The maximum Gasteiger partial charge on any atom is 0.216 e. The molecule has 0 bridgehead atoms. The lowest BCUT2D eigenvalue weighted by Crippen LogP contribution is -2.39. The van der Waals surface area contributed by atoms with Gasteiger partial charge in [-0.25, -0.2) is 8.42 Å². The number of hydrogen-bond donors (Lipinski definition) is 0. The van der Waals surface area contributed by atoms with Crippen LogP contribution in [0.15, 0.2) is 30.3 Å². The van der Waals surface area contributed by atoms with Crippen LogP contribution in [0.25, 0.3) is 0 Å². The molecule has 100 valence electrons. The van der Waals surface area contributed by atoms with Crippen molar-refractivity contribution in [3.63, 3.8) is 0 Å². The lowest BCUT2D eigenvalue weighted by atomic mass is 10.1. The molecule has 0 saturated carbocycles. The molecule has 2 rings (SSSR count). The molecule has 0 radical (unpaired) electrons. The molecule has 1 saturated heterocycles. The smallest absolute Gasteiger partial charge is 0.216 e. The molecule has 5 heteroatoms. The molecule has 1 aromatic rings. The topological polar surface area (TPSA) is 46.6 Å². The third kappa shape index (κ3) is 3.80. The van der Waals surface area contributed by atoms with Gasteiger partial charge in [-0.1, -0.05) is 30.3 Å². The second kappa shape index (κ2) is 6.31. The van der Waals surface area contributed by atoms with Crippen LogP contribution in [0.5, 0.6) is 0 Å². The molecule has 0 N–H and O–H groups in total. The van der Waals surface area contributed by atoms with Crippen LogP contribution in [0.1, 0.15) is 18.4 Å². The second-order valence-electron chi connectivity index (χ2n) is 4.47. The molecule has 18 heavy (non-hydrogen) atoms.